The summed E-state index contributed by atoms with van der Waals surface area (Å²) in [6, 6.07) is 12.4. The van der Waals surface area contributed by atoms with Crippen LogP contribution in [0.1, 0.15) is 18.0 Å². The summed E-state index contributed by atoms with van der Waals surface area (Å²) >= 11 is 0. The van der Waals surface area contributed by atoms with Crippen LogP contribution in [0.4, 0.5) is 0 Å². The molecule has 3 aromatic rings. The van der Waals surface area contributed by atoms with E-state index in [9.17, 15) is 9.90 Å². The minimum absolute atomic E-state index is 0.0457. The number of nitrogens with zero attached hydrogens (tertiary/aromatic N) is 1. The average molecular weight is 340 g/mol. The van der Waals surface area contributed by atoms with Crippen LogP contribution >= 0.6 is 0 Å². The van der Waals surface area contributed by atoms with Gasteiger partial charge in [0.2, 0.25) is 5.91 Å². The van der Waals surface area contributed by atoms with Gasteiger partial charge in [-0.2, -0.15) is 0 Å². The Bertz CT molecular complexity index is 917. The van der Waals surface area contributed by atoms with Crippen LogP contribution in [0.25, 0.3) is 10.8 Å². The molecule has 3 rings (SSSR count). The third-order valence-electron chi connectivity index (χ3n) is 4.25. The predicted molar refractivity (Wildman–Crippen MR) is 95.1 cm³/mol. The van der Waals surface area contributed by atoms with Crippen LogP contribution in [0.15, 0.2) is 48.7 Å². The van der Waals surface area contributed by atoms with Crippen molar-refractivity contribution in [3.05, 3.63) is 54.2 Å². The molecule has 1 heterocycles. The first kappa shape index (κ1) is 16.7. The quantitative estimate of drug-likeness (QED) is 0.722. The monoisotopic (exact) mass is 340 g/mol. The molecule has 1 amide bonds. The van der Waals surface area contributed by atoms with Crippen molar-refractivity contribution in [3.63, 3.8) is 0 Å². The second-order valence-electron chi connectivity index (χ2n) is 5.75. The van der Waals surface area contributed by atoms with Gasteiger partial charge in [-0.25, -0.2) is 0 Å². The van der Waals surface area contributed by atoms with Crippen molar-refractivity contribution in [2.45, 2.75) is 12.5 Å². The van der Waals surface area contributed by atoms with Gasteiger partial charge in [0, 0.05) is 17.0 Å². The van der Waals surface area contributed by atoms with Gasteiger partial charge in [0.05, 0.1) is 26.7 Å². The van der Waals surface area contributed by atoms with E-state index in [4.69, 9.17) is 15.2 Å². The van der Waals surface area contributed by atoms with Crippen LogP contribution in [0.5, 0.6) is 17.4 Å². The lowest BCUT2D eigenvalue weighted by molar-refractivity contribution is -0.118. The molecule has 6 nitrogen and oxygen atoms in total. The van der Waals surface area contributed by atoms with Crippen LogP contribution in [-0.2, 0) is 4.79 Å². The van der Waals surface area contributed by atoms with Crippen LogP contribution in [-0.4, -0.2) is 29.8 Å². The number of aromatic hydroxyl groups is 1. The molecular formula is C19H20N2O4. The van der Waals surface area contributed by atoms with Crippen molar-refractivity contribution >= 4 is 16.7 Å². The molecular weight excluding hydrogens is 320 g/mol. The van der Waals surface area contributed by atoms with E-state index in [1.54, 1.807) is 30.9 Å². The Morgan fingerprint density at radius 3 is 2.52 bits per heavy atom. The molecule has 25 heavy (non-hydrogen) atoms. The molecule has 3 N–H and O–H groups in total. The molecule has 1 atom stereocenters. The fourth-order valence-corrected chi connectivity index (χ4v) is 3.03. The van der Waals surface area contributed by atoms with E-state index in [2.05, 4.69) is 0 Å². The maximum Gasteiger partial charge on any atom is 0.219 e. The number of primary amides is 1. The lowest BCUT2D eigenvalue weighted by Crippen LogP contribution is -2.20. The minimum Gasteiger partial charge on any atom is -0.494 e. The third kappa shape index (κ3) is 3.10. The molecule has 6 heteroatoms. The highest BCUT2D eigenvalue weighted by atomic mass is 16.5. The summed E-state index contributed by atoms with van der Waals surface area (Å²) in [4.78, 5) is 11.6. The molecule has 0 aliphatic carbocycles. The number of carbonyl (C=O) groups is 1. The number of carbonyl (C=O) groups excluding carboxylic acids is 1. The standard InChI is InChI=1S/C19H20N2O4/c1-24-16-8-7-12(9-17(16)25-2)15(10-18(20)22)21-11-13-5-3-4-6-14(13)19(21)23/h3-9,11,15,23H,10H2,1-2H3,(H2,20,22)/t15-/m0/s1. The molecule has 1 aromatic heterocycles. The van der Waals surface area contributed by atoms with E-state index in [1.165, 1.54) is 0 Å². The Kier molecular flexibility index (Phi) is 4.52. The maximum absolute atomic E-state index is 11.6. The normalized spacial score (nSPS) is 12.1. The molecule has 0 saturated heterocycles. The van der Waals surface area contributed by atoms with E-state index in [0.29, 0.717) is 11.5 Å². The summed E-state index contributed by atoms with van der Waals surface area (Å²) < 4.78 is 12.3. The van der Waals surface area contributed by atoms with Gasteiger partial charge in [0.1, 0.15) is 0 Å². The van der Waals surface area contributed by atoms with Crippen LogP contribution in [0.3, 0.4) is 0 Å². The van der Waals surface area contributed by atoms with Crippen molar-refractivity contribution in [1.82, 2.24) is 4.57 Å². The van der Waals surface area contributed by atoms with E-state index in [0.717, 1.165) is 16.3 Å². The highest BCUT2D eigenvalue weighted by molar-refractivity contribution is 5.88. The van der Waals surface area contributed by atoms with Crippen LogP contribution < -0.4 is 15.2 Å². The molecule has 0 fully saturated rings. The number of fused-ring (bicyclic) bond motifs is 1. The predicted octanol–water partition coefficient (Wildman–Crippen LogP) is 2.83. The second kappa shape index (κ2) is 6.76. The zero-order valence-corrected chi connectivity index (χ0v) is 14.1. The van der Waals surface area contributed by atoms with Gasteiger partial charge in [-0.3, -0.25) is 4.79 Å². The van der Waals surface area contributed by atoms with Crippen LogP contribution in [0.2, 0.25) is 0 Å². The highest BCUT2D eigenvalue weighted by Gasteiger charge is 2.22. The van der Waals surface area contributed by atoms with Gasteiger partial charge in [-0.15, -0.1) is 0 Å². The largest absolute Gasteiger partial charge is 0.494 e. The van der Waals surface area contributed by atoms with Gasteiger partial charge < -0.3 is 24.9 Å². The zero-order valence-electron chi connectivity index (χ0n) is 14.1. The number of nitrogens with two attached hydrogens (primary N) is 1. The number of hydrogen-bond donors (Lipinski definition) is 2. The summed E-state index contributed by atoms with van der Waals surface area (Å²) in [7, 11) is 3.11. The Hall–Kier alpha value is -3.15. The summed E-state index contributed by atoms with van der Waals surface area (Å²) in [5.74, 6) is 0.769. The summed E-state index contributed by atoms with van der Waals surface area (Å²) in [5.41, 5.74) is 6.23. The number of rotatable bonds is 6. The Labute approximate surface area is 145 Å². The lowest BCUT2D eigenvalue weighted by Gasteiger charge is -2.20. The van der Waals surface area contributed by atoms with Gasteiger partial charge in [0.25, 0.3) is 0 Å². The van der Waals surface area contributed by atoms with Crippen molar-refractivity contribution in [3.8, 4) is 17.4 Å². The van der Waals surface area contributed by atoms with Gasteiger partial charge >= 0.3 is 0 Å². The Morgan fingerprint density at radius 2 is 1.88 bits per heavy atom. The third-order valence-corrected chi connectivity index (χ3v) is 4.25. The lowest BCUT2D eigenvalue weighted by atomic mass is 10.0. The fourth-order valence-electron chi connectivity index (χ4n) is 3.03. The van der Waals surface area contributed by atoms with E-state index < -0.39 is 11.9 Å². The Morgan fingerprint density at radius 1 is 1.16 bits per heavy atom. The average Bonchev–Trinajstić information content (AvgIpc) is 2.96. The SMILES string of the molecule is COc1ccc([C@H](CC(N)=O)n2cc3ccccc3c2O)cc1OC. The summed E-state index contributed by atoms with van der Waals surface area (Å²) in [6.45, 7) is 0. The maximum atomic E-state index is 11.6. The number of ether oxygens (including phenoxy) is 2. The Balaban J connectivity index is 2.14. The van der Waals surface area contributed by atoms with Crippen LogP contribution in [0, 0.1) is 0 Å². The minimum atomic E-state index is -0.461. The first-order valence-electron chi connectivity index (χ1n) is 7.84. The summed E-state index contributed by atoms with van der Waals surface area (Å²) in [5, 5.41) is 12.2. The van der Waals surface area contributed by atoms with Crippen molar-refractivity contribution < 1.29 is 19.4 Å². The number of aromatic nitrogens is 1. The van der Waals surface area contributed by atoms with Gasteiger partial charge in [-0.05, 0) is 23.8 Å². The molecule has 130 valence electrons. The molecule has 0 bridgehead atoms. The summed E-state index contributed by atoms with van der Waals surface area (Å²) in [6.07, 6.45) is 1.86. The first-order chi connectivity index (χ1) is 12.0. The molecule has 0 aliphatic rings. The van der Waals surface area contributed by atoms with E-state index in [1.807, 2.05) is 36.5 Å². The van der Waals surface area contributed by atoms with Crippen molar-refractivity contribution in [2.24, 2.45) is 5.73 Å². The number of methoxy groups -OCH3 is 2. The molecule has 0 radical (unpaired) electrons. The number of benzene rings is 2. The topological polar surface area (TPSA) is 86.7 Å². The molecule has 2 aromatic carbocycles. The fraction of sp³-hybridized carbons (Fsp3) is 0.211. The molecule has 0 aliphatic heterocycles. The van der Waals surface area contributed by atoms with E-state index >= 15 is 0 Å². The van der Waals surface area contributed by atoms with Gasteiger partial charge in [0.15, 0.2) is 17.4 Å². The van der Waals surface area contributed by atoms with Crippen molar-refractivity contribution in [2.75, 3.05) is 14.2 Å². The molecule has 0 spiro atoms. The van der Waals surface area contributed by atoms with E-state index in [-0.39, 0.29) is 12.3 Å². The van der Waals surface area contributed by atoms with Crippen molar-refractivity contribution in [1.29, 1.82) is 0 Å². The molecule has 0 saturated carbocycles. The number of amides is 1. The second-order valence-corrected chi connectivity index (χ2v) is 5.75. The zero-order chi connectivity index (χ0) is 18.0. The van der Waals surface area contributed by atoms with Gasteiger partial charge in [-0.1, -0.05) is 24.3 Å². The number of hydrogen-bond acceptors (Lipinski definition) is 4. The molecule has 0 unspecified atom stereocenters. The highest BCUT2D eigenvalue weighted by Crippen LogP contribution is 2.37. The first-order valence-corrected chi connectivity index (χ1v) is 7.84. The smallest absolute Gasteiger partial charge is 0.219 e.